The minimum atomic E-state index is -2.69. The molecule has 10 nitrogen and oxygen atoms in total. The molecule has 1 amide bonds. The summed E-state index contributed by atoms with van der Waals surface area (Å²) in [6.45, 7) is 3.74. The second-order valence-corrected chi connectivity index (χ2v) is 10.8. The van der Waals surface area contributed by atoms with E-state index in [0.29, 0.717) is 28.9 Å². The summed E-state index contributed by atoms with van der Waals surface area (Å²) < 4.78 is 5.59. The number of hydrogen-bond donors (Lipinski definition) is 4. The minimum Gasteiger partial charge on any atom is -0.507 e. The Morgan fingerprint density at radius 1 is 1.15 bits per heavy atom. The molecule has 0 aliphatic heterocycles. The fourth-order valence-corrected chi connectivity index (χ4v) is 6.70. The average Bonchev–Trinajstić information content (AvgIpc) is 2.90. The summed E-state index contributed by atoms with van der Waals surface area (Å²) in [6.07, 6.45) is 2.01. The quantitative estimate of drug-likeness (QED) is 0.308. The van der Waals surface area contributed by atoms with Crippen molar-refractivity contribution in [3.05, 3.63) is 59.7 Å². The molecule has 0 heterocycles. The van der Waals surface area contributed by atoms with Crippen molar-refractivity contribution >= 4 is 29.0 Å². The van der Waals surface area contributed by atoms with Crippen LogP contribution in [-0.2, 0) is 25.6 Å². The van der Waals surface area contributed by atoms with Gasteiger partial charge in [-0.05, 0) is 60.1 Å². The fraction of sp³-hybridized carbons (Fsp3) is 0.367. The zero-order valence-electron chi connectivity index (χ0n) is 21.9. The molecule has 208 valence electrons. The van der Waals surface area contributed by atoms with Crippen LogP contribution in [0, 0.1) is 23.7 Å². The number of primary amides is 1. The van der Waals surface area contributed by atoms with Gasteiger partial charge in [-0.3, -0.25) is 24.0 Å². The smallest absolute Gasteiger partial charge is 0.235 e. The number of nitrogens with two attached hydrogens (primary N) is 2. The number of amides is 1. The first-order valence-corrected chi connectivity index (χ1v) is 13.0. The molecular weight excluding hydrogens is 516 g/mol. The van der Waals surface area contributed by atoms with Crippen LogP contribution in [0.15, 0.2) is 43.0 Å². The molecule has 0 spiro atoms. The molecule has 2 aromatic carbocycles. The number of aromatic hydroxyl groups is 1. The topological polar surface area (TPSA) is 187 Å². The zero-order valence-corrected chi connectivity index (χ0v) is 21.9. The molecule has 0 bridgehead atoms. The van der Waals surface area contributed by atoms with Crippen LogP contribution < -0.4 is 16.2 Å². The van der Waals surface area contributed by atoms with Crippen LogP contribution in [0.5, 0.6) is 11.5 Å². The molecule has 6 atom stereocenters. The van der Waals surface area contributed by atoms with Crippen molar-refractivity contribution in [1.82, 2.24) is 0 Å². The van der Waals surface area contributed by atoms with Gasteiger partial charge in [0.25, 0.3) is 0 Å². The summed E-state index contributed by atoms with van der Waals surface area (Å²) in [6, 6.07) is 8.12. The van der Waals surface area contributed by atoms with Crippen molar-refractivity contribution in [3.8, 4) is 22.6 Å². The molecule has 0 radical (unpaired) electrons. The molecular formula is C30H30N2O8. The number of Topliss-reactive ketones (excluding diaryl/α,β-unsaturated/α-hetero) is 4. The van der Waals surface area contributed by atoms with Crippen molar-refractivity contribution in [2.24, 2.45) is 35.1 Å². The number of carbonyl (C=O) groups is 5. The molecule has 3 unspecified atom stereocenters. The number of carbonyl (C=O) groups excluding carboxylic acids is 5. The number of methoxy groups -OCH3 is 1. The van der Waals surface area contributed by atoms with Crippen LogP contribution in [0.25, 0.3) is 11.1 Å². The largest absolute Gasteiger partial charge is 0.507 e. The standard InChI is InChI=1S/C30H30N2O8/c1-3-4-19(31)13-5-8-22(40-2)17(10-13)16-6-7-20(33)24-18(16)11-14-9-15-12-21(34)25(29(32)38)28(37)30(15,39)27(36)23(14)26(24)35/h3,5-8,10,14-15,19,23,25,33,39H,1,4,9,11-12,31H2,2H3,(H2,32,38)/t14-,15+,19?,23?,25?,30+/m1/s1. The van der Waals surface area contributed by atoms with Crippen LogP contribution >= 0.6 is 0 Å². The van der Waals surface area contributed by atoms with Gasteiger partial charge >= 0.3 is 0 Å². The third kappa shape index (κ3) is 3.89. The number of hydrogen-bond acceptors (Lipinski definition) is 9. The summed E-state index contributed by atoms with van der Waals surface area (Å²) in [5, 5.41) is 22.1. The van der Waals surface area contributed by atoms with E-state index in [1.54, 1.807) is 18.2 Å². The highest BCUT2D eigenvalue weighted by atomic mass is 16.5. The van der Waals surface area contributed by atoms with E-state index >= 15 is 0 Å². The zero-order chi connectivity index (χ0) is 29.1. The summed E-state index contributed by atoms with van der Waals surface area (Å²) in [5.74, 6) is -10.0. The number of ether oxygens (including phenoxy) is 1. The van der Waals surface area contributed by atoms with Gasteiger partial charge < -0.3 is 26.4 Å². The lowest BCUT2D eigenvalue weighted by Crippen LogP contribution is -2.68. The van der Waals surface area contributed by atoms with Crippen molar-refractivity contribution in [3.63, 3.8) is 0 Å². The minimum absolute atomic E-state index is 0.0114. The van der Waals surface area contributed by atoms with Gasteiger partial charge in [-0.15, -0.1) is 6.58 Å². The van der Waals surface area contributed by atoms with Gasteiger partial charge in [0.2, 0.25) is 5.91 Å². The highest BCUT2D eigenvalue weighted by molar-refractivity contribution is 6.31. The maximum atomic E-state index is 13.9. The third-order valence-electron chi connectivity index (χ3n) is 8.65. The van der Waals surface area contributed by atoms with E-state index in [4.69, 9.17) is 16.2 Å². The van der Waals surface area contributed by atoms with E-state index < -0.39 is 64.7 Å². The second-order valence-electron chi connectivity index (χ2n) is 10.8. The Balaban J connectivity index is 1.63. The van der Waals surface area contributed by atoms with Crippen molar-refractivity contribution in [1.29, 1.82) is 0 Å². The van der Waals surface area contributed by atoms with E-state index in [2.05, 4.69) is 6.58 Å². The van der Waals surface area contributed by atoms with Gasteiger partial charge in [0, 0.05) is 23.9 Å². The number of rotatable bonds is 6. The van der Waals surface area contributed by atoms with Crippen molar-refractivity contribution in [2.75, 3.05) is 7.11 Å². The number of benzene rings is 2. The van der Waals surface area contributed by atoms with E-state index in [1.165, 1.54) is 13.2 Å². The normalized spacial score (nSPS) is 28.3. The summed E-state index contributed by atoms with van der Waals surface area (Å²) in [5.41, 5.74) is 11.3. The van der Waals surface area contributed by atoms with Gasteiger partial charge in [0.15, 0.2) is 34.7 Å². The van der Waals surface area contributed by atoms with E-state index in [1.807, 2.05) is 12.1 Å². The molecule has 2 aromatic rings. The fourth-order valence-electron chi connectivity index (χ4n) is 6.70. The molecule has 2 fully saturated rings. The Morgan fingerprint density at radius 3 is 2.52 bits per heavy atom. The lowest BCUT2D eigenvalue weighted by Gasteiger charge is -2.48. The third-order valence-corrected chi connectivity index (χ3v) is 8.65. The monoisotopic (exact) mass is 546 g/mol. The SMILES string of the molecule is C=CCC(N)c1ccc(OC)c(-c2ccc(O)c3c2C[C@H]2C[C@H]4CC(=O)C(C(N)=O)C(=O)[C@@]4(O)C(=O)C2C3=O)c1. The lowest BCUT2D eigenvalue weighted by atomic mass is 9.53. The van der Waals surface area contributed by atoms with Crippen LogP contribution in [0.3, 0.4) is 0 Å². The van der Waals surface area contributed by atoms with E-state index in [-0.39, 0.29) is 30.2 Å². The predicted molar refractivity (Wildman–Crippen MR) is 142 cm³/mol. The molecule has 5 rings (SSSR count). The Morgan fingerprint density at radius 2 is 1.88 bits per heavy atom. The average molecular weight is 547 g/mol. The van der Waals surface area contributed by atoms with Gasteiger partial charge in [0.1, 0.15) is 11.5 Å². The Labute approximate surface area is 230 Å². The summed E-state index contributed by atoms with van der Waals surface area (Å²) >= 11 is 0. The number of phenols is 1. The first kappa shape index (κ1) is 27.4. The first-order chi connectivity index (χ1) is 18.9. The maximum absolute atomic E-state index is 13.9. The highest BCUT2D eigenvalue weighted by Crippen LogP contribution is 2.51. The highest BCUT2D eigenvalue weighted by Gasteiger charge is 2.66. The number of fused-ring (bicyclic) bond motifs is 3. The second kappa shape index (κ2) is 9.79. The Hall–Kier alpha value is -4.15. The van der Waals surface area contributed by atoms with Crippen molar-refractivity contribution in [2.45, 2.75) is 37.3 Å². The van der Waals surface area contributed by atoms with Gasteiger partial charge in [-0.25, -0.2) is 0 Å². The summed E-state index contributed by atoms with van der Waals surface area (Å²) in [4.78, 5) is 65.0. The van der Waals surface area contributed by atoms with Gasteiger partial charge in [-0.1, -0.05) is 18.2 Å². The van der Waals surface area contributed by atoms with Crippen LogP contribution in [0.4, 0.5) is 0 Å². The van der Waals surface area contributed by atoms with Crippen LogP contribution in [-0.4, -0.2) is 52.0 Å². The molecule has 3 aliphatic carbocycles. The van der Waals surface area contributed by atoms with Crippen molar-refractivity contribution < 1.29 is 38.9 Å². The molecule has 0 aromatic heterocycles. The Kier molecular flexibility index (Phi) is 6.71. The van der Waals surface area contributed by atoms with Gasteiger partial charge in [-0.2, -0.15) is 0 Å². The Bertz CT molecular complexity index is 1500. The van der Waals surface area contributed by atoms with Crippen LogP contribution in [0.2, 0.25) is 0 Å². The number of aliphatic hydroxyl groups is 1. The van der Waals surface area contributed by atoms with E-state index in [0.717, 1.165) is 5.56 Å². The van der Waals surface area contributed by atoms with Crippen LogP contribution in [0.1, 0.15) is 46.8 Å². The molecule has 10 heteroatoms. The van der Waals surface area contributed by atoms with Gasteiger partial charge in [0.05, 0.1) is 18.6 Å². The first-order valence-electron chi connectivity index (χ1n) is 13.0. The molecule has 40 heavy (non-hydrogen) atoms. The number of ketones is 4. The predicted octanol–water partition coefficient (Wildman–Crippen LogP) is 1.58. The lowest BCUT2D eigenvalue weighted by molar-refractivity contribution is -0.175. The summed E-state index contributed by atoms with van der Waals surface area (Å²) in [7, 11) is 1.51. The molecule has 2 saturated carbocycles. The van der Waals surface area contributed by atoms with E-state index in [9.17, 15) is 34.2 Å². The number of phenolic OH excluding ortho intramolecular Hbond substituents is 1. The molecule has 0 saturated heterocycles. The molecule has 6 N–H and O–H groups in total. The maximum Gasteiger partial charge on any atom is 0.235 e. The molecule has 3 aliphatic rings.